The summed E-state index contributed by atoms with van der Waals surface area (Å²) in [5.74, 6) is 0.503. The highest BCUT2D eigenvalue weighted by Crippen LogP contribution is 2.25. The van der Waals surface area contributed by atoms with Crippen molar-refractivity contribution >= 4 is 0 Å². The van der Waals surface area contributed by atoms with E-state index in [1.165, 1.54) is 0 Å². The fraction of sp³-hybridized carbons (Fsp3) is 0.600. The Labute approximate surface area is 109 Å². The smallest absolute Gasteiger partial charge is 0.127 e. The highest BCUT2D eigenvalue weighted by atomic mass is 19.1. The van der Waals surface area contributed by atoms with E-state index < -0.39 is 0 Å². The third-order valence-electron chi connectivity index (χ3n) is 4.40. The Bertz CT molecular complexity index is 394. The summed E-state index contributed by atoms with van der Waals surface area (Å²) in [6, 6.07) is 8.15. The van der Waals surface area contributed by atoms with Crippen LogP contribution >= 0.6 is 0 Å². The highest BCUT2D eigenvalue weighted by molar-refractivity contribution is 5.17. The number of hydrogen-bond donors (Lipinski definition) is 1. The van der Waals surface area contributed by atoms with Crippen molar-refractivity contribution in [1.82, 2.24) is 10.2 Å². The van der Waals surface area contributed by atoms with Gasteiger partial charge in [-0.25, -0.2) is 4.39 Å². The van der Waals surface area contributed by atoms with Gasteiger partial charge in [0, 0.05) is 30.7 Å². The molecule has 1 N–H and O–H groups in total. The van der Waals surface area contributed by atoms with E-state index in [9.17, 15) is 4.39 Å². The van der Waals surface area contributed by atoms with Gasteiger partial charge < -0.3 is 5.32 Å². The average molecular weight is 250 g/mol. The maximum Gasteiger partial charge on any atom is 0.127 e. The van der Waals surface area contributed by atoms with Crippen molar-refractivity contribution in [1.29, 1.82) is 0 Å². The summed E-state index contributed by atoms with van der Waals surface area (Å²) in [7, 11) is 2.03. The first-order valence-corrected chi connectivity index (χ1v) is 6.78. The van der Waals surface area contributed by atoms with Crippen molar-refractivity contribution in [2.75, 3.05) is 13.6 Å². The van der Waals surface area contributed by atoms with Gasteiger partial charge in [-0.3, -0.25) is 4.90 Å². The van der Waals surface area contributed by atoms with Gasteiger partial charge in [0.1, 0.15) is 5.82 Å². The van der Waals surface area contributed by atoms with Gasteiger partial charge in [-0.05, 0) is 32.4 Å². The van der Waals surface area contributed by atoms with Crippen LogP contribution in [0, 0.1) is 11.7 Å². The topological polar surface area (TPSA) is 15.3 Å². The molecule has 0 spiro atoms. The van der Waals surface area contributed by atoms with Crippen LogP contribution in [-0.2, 0) is 6.54 Å². The number of likely N-dealkylation sites (tertiary alicyclic amines) is 1. The van der Waals surface area contributed by atoms with E-state index in [0.29, 0.717) is 24.5 Å². The molecule has 0 aromatic heterocycles. The molecule has 0 amide bonds. The molecule has 0 aliphatic carbocycles. The van der Waals surface area contributed by atoms with E-state index in [-0.39, 0.29) is 5.82 Å². The van der Waals surface area contributed by atoms with Crippen LogP contribution in [0.25, 0.3) is 0 Å². The number of hydrogen-bond acceptors (Lipinski definition) is 2. The van der Waals surface area contributed by atoms with Crippen LogP contribution in [0.5, 0.6) is 0 Å². The first-order chi connectivity index (χ1) is 8.63. The molecule has 3 unspecified atom stereocenters. The second kappa shape index (κ2) is 5.81. The molecular weight excluding hydrogens is 227 g/mol. The summed E-state index contributed by atoms with van der Waals surface area (Å²) in [4.78, 5) is 2.39. The van der Waals surface area contributed by atoms with Gasteiger partial charge in [0.05, 0.1) is 0 Å². The third-order valence-corrected chi connectivity index (χ3v) is 4.40. The van der Waals surface area contributed by atoms with Gasteiger partial charge >= 0.3 is 0 Å². The molecule has 100 valence electrons. The molecule has 0 saturated carbocycles. The fourth-order valence-corrected chi connectivity index (χ4v) is 2.92. The fourth-order valence-electron chi connectivity index (χ4n) is 2.92. The van der Waals surface area contributed by atoms with Crippen molar-refractivity contribution in [3.8, 4) is 0 Å². The Kier molecular flexibility index (Phi) is 4.36. The molecular formula is C15H23FN2. The zero-order valence-corrected chi connectivity index (χ0v) is 11.5. The number of benzene rings is 1. The molecule has 1 aliphatic heterocycles. The lowest BCUT2D eigenvalue weighted by atomic mass is 9.87. The Morgan fingerprint density at radius 1 is 1.33 bits per heavy atom. The largest absolute Gasteiger partial charge is 0.317 e. The lowest BCUT2D eigenvalue weighted by Gasteiger charge is -2.42. The van der Waals surface area contributed by atoms with Crippen LogP contribution < -0.4 is 5.32 Å². The van der Waals surface area contributed by atoms with Crippen molar-refractivity contribution < 1.29 is 4.39 Å². The molecule has 1 aliphatic rings. The SMILES string of the molecule is CNC1CCN(Cc2ccccc2F)C(C)C1C. The Hall–Kier alpha value is -0.930. The minimum atomic E-state index is -0.0897. The quantitative estimate of drug-likeness (QED) is 0.887. The van der Waals surface area contributed by atoms with Crippen LogP contribution in [0.3, 0.4) is 0 Å². The lowest BCUT2D eigenvalue weighted by molar-refractivity contribution is 0.0801. The van der Waals surface area contributed by atoms with Gasteiger partial charge in [-0.15, -0.1) is 0 Å². The predicted octanol–water partition coefficient (Wildman–Crippen LogP) is 2.64. The minimum Gasteiger partial charge on any atom is -0.317 e. The molecule has 0 bridgehead atoms. The van der Waals surface area contributed by atoms with Gasteiger partial charge in [-0.2, -0.15) is 0 Å². The minimum absolute atomic E-state index is 0.0897. The summed E-state index contributed by atoms with van der Waals surface area (Å²) < 4.78 is 13.7. The van der Waals surface area contributed by atoms with Crippen LogP contribution in [0.2, 0.25) is 0 Å². The summed E-state index contributed by atoms with van der Waals surface area (Å²) >= 11 is 0. The van der Waals surface area contributed by atoms with Gasteiger partial charge in [0.25, 0.3) is 0 Å². The van der Waals surface area contributed by atoms with Crippen molar-refractivity contribution in [3.05, 3.63) is 35.6 Å². The summed E-state index contributed by atoms with van der Waals surface area (Å²) in [6.45, 7) is 6.27. The molecule has 1 saturated heterocycles. The van der Waals surface area contributed by atoms with E-state index in [1.54, 1.807) is 12.1 Å². The zero-order valence-electron chi connectivity index (χ0n) is 11.5. The predicted molar refractivity (Wildman–Crippen MR) is 72.9 cm³/mol. The monoisotopic (exact) mass is 250 g/mol. The molecule has 18 heavy (non-hydrogen) atoms. The Morgan fingerprint density at radius 2 is 2.06 bits per heavy atom. The maximum atomic E-state index is 13.7. The van der Waals surface area contributed by atoms with Crippen molar-refractivity contribution in [2.24, 2.45) is 5.92 Å². The molecule has 2 nitrogen and oxygen atoms in total. The van der Waals surface area contributed by atoms with Crippen LogP contribution in [0.1, 0.15) is 25.8 Å². The molecule has 1 aromatic carbocycles. The van der Waals surface area contributed by atoms with Crippen molar-refractivity contribution in [3.63, 3.8) is 0 Å². The van der Waals surface area contributed by atoms with Gasteiger partial charge in [-0.1, -0.05) is 25.1 Å². The average Bonchev–Trinajstić information content (AvgIpc) is 2.38. The lowest BCUT2D eigenvalue weighted by Crippen LogP contribution is -2.52. The van der Waals surface area contributed by atoms with E-state index >= 15 is 0 Å². The standard InChI is InChI=1S/C15H23FN2/c1-11-12(2)18(9-8-15(11)17-3)10-13-6-4-5-7-14(13)16/h4-7,11-12,15,17H,8-10H2,1-3H3. The van der Waals surface area contributed by atoms with E-state index in [0.717, 1.165) is 18.5 Å². The van der Waals surface area contributed by atoms with E-state index in [1.807, 2.05) is 19.2 Å². The third kappa shape index (κ3) is 2.73. The van der Waals surface area contributed by atoms with Crippen LogP contribution in [0.15, 0.2) is 24.3 Å². The number of piperidine rings is 1. The van der Waals surface area contributed by atoms with Gasteiger partial charge in [0.2, 0.25) is 0 Å². The summed E-state index contributed by atoms with van der Waals surface area (Å²) in [6.07, 6.45) is 1.14. The number of nitrogens with zero attached hydrogens (tertiary/aromatic N) is 1. The Balaban J connectivity index is 2.05. The molecule has 2 rings (SSSR count). The molecule has 0 radical (unpaired) electrons. The summed E-state index contributed by atoms with van der Waals surface area (Å²) in [5.41, 5.74) is 0.805. The maximum absolute atomic E-state index is 13.7. The van der Waals surface area contributed by atoms with E-state index in [2.05, 4.69) is 24.1 Å². The van der Waals surface area contributed by atoms with Crippen molar-refractivity contribution in [2.45, 2.75) is 38.9 Å². The first kappa shape index (κ1) is 13.5. The zero-order chi connectivity index (χ0) is 13.1. The van der Waals surface area contributed by atoms with Crippen LogP contribution in [-0.4, -0.2) is 30.6 Å². The molecule has 1 heterocycles. The van der Waals surface area contributed by atoms with E-state index in [4.69, 9.17) is 0 Å². The molecule has 1 fully saturated rings. The normalized spacial score (nSPS) is 29.4. The summed E-state index contributed by atoms with van der Waals surface area (Å²) in [5, 5.41) is 3.38. The highest BCUT2D eigenvalue weighted by Gasteiger charge is 2.31. The Morgan fingerprint density at radius 3 is 2.72 bits per heavy atom. The number of rotatable bonds is 3. The number of nitrogens with one attached hydrogen (secondary N) is 1. The second-order valence-corrected chi connectivity index (χ2v) is 5.35. The molecule has 1 aromatic rings. The first-order valence-electron chi connectivity index (χ1n) is 6.78. The molecule has 3 heteroatoms. The van der Waals surface area contributed by atoms with Gasteiger partial charge in [0.15, 0.2) is 0 Å². The molecule has 3 atom stereocenters. The second-order valence-electron chi connectivity index (χ2n) is 5.35. The van der Waals surface area contributed by atoms with Crippen LogP contribution in [0.4, 0.5) is 4.39 Å². The number of halogens is 1.